The Kier molecular flexibility index (Phi) is 5.34. The molecule has 4 aromatic rings. The smallest absolute Gasteiger partial charge is 0.272 e. The number of thioether (sulfide) groups is 1. The topological polar surface area (TPSA) is 76.5 Å². The number of thiophene rings is 1. The third kappa shape index (κ3) is 3.50. The Morgan fingerprint density at radius 2 is 2.10 bits per heavy atom. The van der Waals surface area contributed by atoms with Crippen LogP contribution >= 0.6 is 23.1 Å². The van der Waals surface area contributed by atoms with E-state index >= 15 is 0 Å². The van der Waals surface area contributed by atoms with E-state index in [9.17, 15) is 10.1 Å². The maximum absolute atomic E-state index is 12.8. The summed E-state index contributed by atoms with van der Waals surface area (Å²) in [4.78, 5) is 17.5. The van der Waals surface area contributed by atoms with E-state index in [-0.39, 0.29) is 5.56 Å². The fourth-order valence-corrected chi connectivity index (χ4v) is 4.88. The van der Waals surface area contributed by atoms with Crippen LogP contribution in [0.3, 0.4) is 0 Å². The molecule has 0 aliphatic heterocycles. The largest absolute Gasteiger partial charge is 0.282 e. The summed E-state index contributed by atoms with van der Waals surface area (Å²) in [6, 6.07) is 13.8. The maximum atomic E-state index is 12.8. The summed E-state index contributed by atoms with van der Waals surface area (Å²) in [5, 5.41) is 16.7. The van der Waals surface area contributed by atoms with Crippen LogP contribution in [-0.2, 0) is 12.3 Å². The Bertz CT molecular complexity index is 1290. The van der Waals surface area contributed by atoms with Crippen molar-refractivity contribution in [3.05, 3.63) is 81.7 Å². The number of rotatable bonds is 6. The first-order valence-corrected chi connectivity index (χ1v) is 10.8. The molecule has 0 radical (unpaired) electrons. The number of allylic oxidation sites excluding steroid dienone is 1. The van der Waals surface area contributed by atoms with Crippen molar-refractivity contribution in [3.8, 4) is 11.8 Å². The summed E-state index contributed by atoms with van der Waals surface area (Å²) in [7, 11) is 0. The standard InChI is InChI=1S/C21H17N5OS2/c1-3-10-25-20(27)19-17(9-11-28-19)23-21(25)29-13-18-16(12-22)14(2)24-26(18)15-7-5-4-6-8-15/h3-9,11H,1,10,13H2,2H3. The van der Waals surface area contributed by atoms with E-state index in [4.69, 9.17) is 0 Å². The van der Waals surface area contributed by atoms with Crippen molar-refractivity contribution in [2.75, 3.05) is 0 Å². The molecule has 29 heavy (non-hydrogen) atoms. The average Bonchev–Trinajstić information content (AvgIpc) is 3.33. The molecule has 0 atom stereocenters. The van der Waals surface area contributed by atoms with Crippen LogP contribution in [0.2, 0.25) is 0 Å². The third-order valence-corrected chi connectivity index (χ3v) is 6.33. The highest BCUT2D eigenvalue weighted by Gasteiger charge is 2.18. The van der Waals surface area contributed by atoms with Gasteiger partial charge in [-0.15, -0.1) is 17.9 Å². The second kappa shape index (κ2) is 8.07. The Hall–Kier alpha value is -3.15. The van der Waals surface area contributed by atoms with E-state index in [0.717, 1.165) is 11.4 Å². The summed E-state index contributed by atoms with van der Waals surface area (Å²) in [6.07, 6.45) is 1.69. The Morgan fingerprint density at radius 3 is 2.83 bits per heavy atom. The monoisotopic (exact) mass is 419 g/mol. The molecule has 144 valence electrons. The molecule has 3 heterocycles. The molecule has 0 aliphatic rings. The van der Waals surface area contributed by atoms with E-state index in [2.05, 4.69) is 22.7 Å². The number of nitriles is 1. The van der Waals surface area contributed by atoms with Crippen LogP contribution in [-0.4, -0.2) is 19.3 Å². The zero-order valence-electron chi connectivity index (χ0n) is 15.7. The fourth-order valence-electron chi connectivity index (χ4n) is 3.09. The lowest BCUT2D eigenvalue weighted by Gasteiger charge is -2.11. The number of hydrogen-bond donors (Lipinski definition) is 0. The van der Waals surface area contributed by atoms with Gasteiger partial charge in [0, 0.05) is 12.3 Å². The number of aromatic nitrogens is 4. The van der Waals surface area contributed by atoms with Gasteiger partial charge in [-0.1, -0.05) is 36.0 Å². The fraction of sp³-hybridized carbons (Fsp3) is 0.143. The van der Waals surface area contributed by atoms with Gasteiger partial charge in [-0.3, -0.25) is 9.36 Å². The zero-order chi connectivity index (χ0) is 20.4. The van der Waals surface area contributed by atoms with Gasteiger partial charge in [-0.05, 0) is 30.5 Å². The van der Waals surface area contributed by atoms with E-state index in [1.165, 1.54) is 23.1 Å². The SMILES string of the molecule is C=CCn1c(SCc2c(C#N)c(C)nn2-c2ccccc2)nc2ccsc2c1=O. The molecule has 0 amide bonds. The van der Waals surface area contributed by atoms with Crippen LogP contribution in [0.1, 0.15) is 17.0 Å². The van der Waals surface area contributed by atoms with Crippen molar-refractivity contribution in [2.24, 2.45) is 0 Å². The zero-order valence-corrected chi connectivity index (χ0v) is 17.3. The summed E-state index contributed by atoms with van der Waals surface area (Å²) in [5.41, 5.74) is 3.52. The van der Waals surface area contributed by atoms with Crippen molar-refractivity contribution in [1.82, 2.24) is 19.3 Å². The van der Waals surface area contributed by atoms with Gasteiger partial charge in [0.05, 0.1) is 28.2 Å². The van der Waals surface area contributed by atoms with Crippen LogP contribution in [0.5, 0.6) is 0 Å². The highest BCUT2D eigenvalue weighted by Crippen LogP contribution is 2.27. The van der Waals surface area contributed by atoms with Crippen LogP contribution in [0, 0.1) is 18.3 Å². The molecule has 0 unspecified atom stereocenters. The molecule has 0 saturated heterocycles. The number of hydrogen-bond acceptors (Lipinski definition) is 6. The quantitative estimate of drug-likeness (QED) is 0.265. The van der Waals surface area contributed by atoms with E-state index in [1.54, 1.807) is 15.3 Å². The Morgan fingerprint density at radius 1 is 1.31 bits per heavy atom. The summed E-state index contributed by atoms with van der Waals surface area (Å²) in [6.45, 7) is 5.97. The van der Waals surface area contributed by atoms with Crippen molar-refractivity contribution in [2.45, 2.75) is 24.4 Å². The first-order chi connectivity index (χ1) is 14.1. The molecule has 3 aromatic heterocycles. The van der Waals surface area contributed by atoms with E-state index in [1.807, 2.05) is 48.7 Å². The van der Waals surface area contributed by atoms with Crippen molar-refractivity contribution in [1.29, 1.82) is 5.26 Å². The minimum Gasteiger partial charge on any atom is -0.282 e. The van der Waals surface area contributed by atoms with Crippen molar-refractivity contribution >= 4 is 33.3 Å². The second-order valence-electron chi connectivity index (χ2n) is 6.29. The molecule has 4 rings (SSSR count). The Balaban J connectivity index is 1.77. The van der Waals surface area contributed by atoms with Crippen molar-refractivity contribution in [3.63, 3.8) is 0 Å². The van der Waals surface area contributed by atoms with Crippen LogP contribution in [0.4, 0.5) is 0 Å². The number of fused-ring (bicyclic) bond motifs is 1. The molecule has 6 nitrogen and oxygen atoms in total. The van der Waals surface area contributed by atoms with Gasteiger partial charge in [-0.2, -0.15) is 10.4 Å². The van der Waals surface area contributed by atoms with E-state index in [0.29, 0.717) is 38.9 Å². The molecule has 0 fully saturated rings. The maximum Gasteiger partial charge on any atom is 0.272 e. The molecule has 1 aromatic carbocycles. The molecule has 0 bridgehead atoms. The van der Waals surface area contributed by atoms with Crippen LogP contribution < -0.4 is 5.56 Å². The first kappa shape index (κ1) is 19.2. The summed E-state index contributed by atoms with van der Waals surface area (Å²) < 4.78 is 4.05. The highest BCUT2D eigenvalue weighted by atomic mass is 32.2. The normalized spacial score (nSPS) is 10.9. The number of aryl methyl sites for hydroxylation is 1. The van der Waals surface area contributed by atoms with Crippen LogP contribution in [0.15, 0.2) is 64.4 Å². The summed E-state index contributed by atoms with van der Waals surface area (Å²) in [5.74, 6) is 0.456. The molecule has 0 spiro atoms. The van der Waals surface area contributed by atoms with Gasteiger partial charge in [0.1, 0.15) is 10.8 Å². The van der Waals surface area contributed by atoms with Gasteiger partial charge < -0.3 is 0 Å². The second-order valence-corrected chi connectivity index (χ2v) is 8.15. The van der Waals surface area contributed by atoms with Gasteiger partial charge in [-0.25, -0.2) is 9.67 Å². The predicted molar refractivity (Wildman–Crippen MR) is 117 cm³/mol. The van der Waals surface area contributed by atoms with Gasteiger partial charge in [0.25, 0.3) is 5.56 Å². The lowest BCUT2D eigenvalue weighted by Crippen LogP contribution is -2.22. The molecule has 0 saturated carbocycles. The third-order valence-electron chi connectivity index (χ3n) is 4.45. The minimum atomic E-state index is -0.0688. The van der Waals surface area contributed by atoms with E-state index < -0.39 is 0 Å². The minimum absolute atomic E-state index is 0.0688. The van der Waals surface area contributed by atoms with Gasteiger partial charge in [0.15, 0.2) is 5.16 Å². The number of para-hydroxylation sites is 1. The molecule has 0 aliphatic carbocycles. The average molecular weight is 420 g/mol. The molecular weight excluding hydrogens is 402 g/mol. The van der Waals surface area contributed by atoms with Crippen molar-refractivity contribution < 1.29 is 0 Å². The lowest BCUT2D eigenvalue weighted by atomic mass is 10.2. The summed E-state index contributed by atoms with van der Waals surface area (Å²) >= 11 is 2.81. The molecular formula is C21H17N5OS2. The predicted octanol–water partition coefficient (Wildman–Crippen LogP) is 4.30. The highest BCUT2D eigenvalue weighted by molar-refractivity contribution is 7.98. The first-order valence-electron chi connectivity index (χ1n) is 8.89. The van der Waals surface area contributed by atoms with Gasteiger partial charge >= 0.3 is 0 Å². The molecule has 8 heteroatoms. The lowest BCUT2D eigenvalue weighted by molar-refractivity contribution is 0.672. The number of benzene rings is 1. The molecule has 0 N–H and O–H groups in total. The number of nitrogens with zero attached hydrogens (tertiary/aromatic N) is 5. The Labute approximate surface area is 175 Å². The van der Waals surface area contributed by atoms with Gasteiger partial charge in [0.2, 0.25) is 0 Å². The van der Waals surface area contributed by atoms with Crippen LogP contribution in [0.25, 0.3) is 15.9 Å².